The molecule has 0 bridgehead atoms. The number of hydrogen-bond donors (Lipinski definition) is 1. The molecule has 1 saturated carbocycles. The van der Waals surface area contributed by atoms with E-state index in [1.807, 2.05) is 17.0 Å². The number of aromatic nitrogens is 1. The molecular weight excluding hydrogens is 348 g/mol. The Kier molecular flexibility index (Phi) is 4.08. The predicted octanol–water partition coefficient (Wildman–Crippen LogP) is 4.57. The monoisotopic (exact) mass is 372 g/mol. The highest BCUT2D eigenvalue weighted by Crippen LogP contribution is 2.53. The molecule has 1 atom stereocenters. The van der Waals surface area contributed by atoms with Crippen molar-refractivity contribution in [1.82, 2.24) is 4.98 Å². The van der Waals surface area contributed by atoms with Crippen molar-refractivity contribution in [3.8, 4) is 6.07 Å². The molecule has 5 heteroatoms. The quantitative estimate of drug-likeness (QED) is 0.839. The van der Waals surface area contributed by atoms with Gasteiger partial charge in [-0.3, -0.25) is 9.88 Å². The van der Waals surface area contributed by atoms with E-state index >= 15 is 0 Å². The Morgan fingerprint density at radius 1 is 1.25 bits per heavy atom. The molecule has 2 heterocycles. The minimum absolute atomic E-state index is 0.133. The number of anilines is 2. The zero-order chi connectivity index (χ0) is 19.1. The van der Waals surface area contributed by atoms with Crippen LogP contribution >= 0.6 is 0 Å². The van der Waals surface area contributed by atoms with E-state index in [1.165, 1.54) is 36.0 Å². The van der Waals surface area contributed by atoms with Crippen LogP contribution in [-0.4, -0.2) is 17.6 Å². The van der Waals surface area contributed by atoms with E-state index in [0.29, 0.717) is 18.2 Å². The third kappa shape index (κ3) is 2.59. The Morgan fingerprint density at radius 2 is 2.11 bits per heavy atom. The van der Waals surface area contributed by atoms with Crippen LogP contribution in [0, 0.1) is 17.2 Å². The van der Waals surface area contributed by atoms with Gasteiger partial charge in [-0.05, 0) is 66.5 Å². The number of benzene rings is 1. The van der Waals surface area contributed by atoms with Crippen LogP contribution in [0.1, 0.15) is 48.8 Å². The molecule has 1 aromatic heterocycles. The number of rotatable bonds is 2. The van der Waals surface area contributed by atoms with Crippen molar-refractivity contribution in [2.24, 2.45) is 5.92 Å². The summed E-state index contributed by atoms with van der Waals surface area (Å²) in [5.74, 6) is 0.455. The summed E-state index contributed by atoms with van der Waals surface area (Å²) >= 11 is 0. The minimum atomic E-state index is -0.348. The first kappa shape index (κ1) is 17.2. The third-order valence-electron chi connectivity index (χ3n) is 6.81. The highest BCUT2D eigenvalue weighted by Gasteiger charge is 2.50. The number of carbonyl (C=O) groups excluding carboxylic acids is 1. The molecule has 5 rings (SSSR count). The summed E-state index contributed by atoms with van der Waals surface area (Å²) in [6.45, 7) is 0.674. The summed E-state index contributed by atoms with van der Waals surface area (Å²) in [6.07, 6.45) is 11.1. The van der Waals surface area contributed by atoms with Gasteiger partial charge in [-0.15, -0.1) is 0 Å². The van der Waals surface area contributed by atoms with Gasteiger partial charge in [0.15, 0.2) is 0 Å². The van der Waals surface area contributed by atoms with Crippen molar-refractivity contribution in [3.63, 3.8) is 0 Å². The Bertz CT molecular complexity index is 959. The maximum atomic E-state index is 12.8. The van der Waals surface area contributed by atoms with Gasteiger partial charge in [0.25, 0.3) is 0 Å². The van der Waals surface area contributed by atoms with Gasteiger partial charge in [0, 0.05) is 18.4 Å². The summed E-state index contributed by atoms with van der Waals surface area (Å²) in [4.78, 5) is 18.7. The average molecular weight is 372 g/mol. The SMILES string of the molecule is N#CC1(C2CCCCC2)Cc2cc3c(cc21)N(C(=O)Nc1cccnc1)CC3. The Labute approximate surface area is 165 Å². The first-order valence-corrected chi connectivity index (χ1v) is 10.3. The van der Waals surface area contributed by atoms with Crippen LogP contribution in [0.15, 0.2) is 36.7 Å². The van der Waals surface area contributed by atoms with Gasteiger partial charge in [-0.1, -0.05) is 25.3 Å². The highest BCUT2D eigenvalue weighted by molar-refractivity contribution is 6.03. The van der Waals surface area contributed by atoms with Crippen molar-refractivity contribution in [1.29, 1.82) is 5.26 Å². The second kappa shape index (κ2) is 6.63. The zero-order valence-electron chi connectivity index (χ0n) is 15.9. The molecule has 0 saturated heterocycles. The van der Waals surface area contributed by atoms with Crippen molar-refractivity contribution in [3.05, 3.63) is 53.3 Å². The lowest BCUT2D eigenvalue weighted by Crippen LogP contribution is -2.45. The molecule has 1 fully saturated rings. The van der Waals surface area contributed by atoms with E-state index in [1.54, 1.807) is 12.4 Å². The van der Waals surface area contributed by atoms with E-state index in [-0.39, 0.29) is 11.4 Å². The largest absolute Gasteiger partial charge is 0.326 e. The lowest BCUT2D eigenvalue weighted by atomic mass is 9.55. The van der Waals surface area contributed by atoms with E-state index < -0.39 is 0 Å². The predicted molar refractivity (Wildman–Crippen MR) is 108 cm³/mol. The van der Waals surface area contributed by atoms with Gasteiger partial charge < -0.3 is 5.32 Å². The van der Waals surface area contributed by atoms with E-state index in [9.17, 15) is 10.1 Å². The fourth-order valence-electron chi connectivity index (χ4n) is 5.33. The fourth-order valence-corrected chi connectivity index (χ4v) is 5.33. The summed E-state index contributed by atoms with van der Waals surface area (Å²) in [5, 5.41) is 13.0. The number of pyridine rings is 1. The molecule has 2 amide bonds. The van der Waals surface area contributed by atoms with Crippen LogP contribution in [0.2, 0.25) is 0 Å². The smallest absolute Gasteiger partial charge is 0.306 e. The molecule has 2 aromatic rings. The number of nitrogens with one attached hydrogen (secondary N) is 1. The Morgan fingerprint density at radius 3 is 2.86 bits per heavy atom. The highest BCUT2D eigenvalue weighted by atomic mass is 16.2. The molecule has 142 valence electrons. The minimum Gasteiger partial charge on any atom is -0.306 e. The van der Waals surface area contributed by atoms with Crippen LogP contribution in [0.3, 0.4) is 0 Å². The number of urea groups is 1. The number of amides is 2. The van der Waals surface area contributed by atoms with Crippen LogP contribution in [-0.2, 0) is 18.3 Å². The summed E-state index contributed by atoms with van der Waals surface area (Å²) in [7, 11) is 0. The third-order valence-corrected chi connectivity index (χ3v) is 6.81. The van der Waals surface area contributed by atoms with Gasteiger partial charge in [0.1, 0.15) is 0 Å². The number of fused-ring (bicyclic) bond motifs is 2. The maximum absolute atomic E-state index is 12.8. The van der Waals surface area contributed by atoms with Crippen LogP contribution in [0.25, 0.3) is 0 Å². The van der Waals surface area contributed by atoms with Crippen LogP contribution in [0.5, 0.6) is 0 Å². The summed E-state index contributed by atoms with van der Waals surface area (Å²) in [5.41, 5.74) is 5.00. The lowest BCUT2D eigenvalue weighted by Gasteiger charge is -2.46. The van der Waals surface area contributed by atoms with E-state index in [0.717, 1.165) is 31.4 Å². The molecule has 5 nitrogen and oxygen atoms in total. The molecule has 1 aliphatic heterocycles. The van der Waals surface area contributed by atoms with Gasteiger partial charge in [0.05, 0.1) is 23.4 Å². The molecular formula is C23H24N4O. The number of nitriles is 1. The van der Waals surface area contributed by atoms with Crippen LogP contribution in [0.4, 0.5) is 16.2 Å². The standard InChI is InChI=1S/C23H24N4O/c24-15-23(18-5-2-1-3-6-18)13-17-11-16-8-10-27(21(16)12-20(17)23)22(28)26-19-7-4-9-25-14-19/h4,7,9,11-12,14,18H,1-3,5-6,8,10,13H2,(H,26,28). The van der Waals surface area contributed by atoms with Crippen molar-refractivity contribution in [2.75, 3.05) is 16.8 Å². The van der Waals surface area contributed by atoms with Crippen molar-refractivity contribution in [2.45, 2.75) is 50.4 Å². The first-order chi connectivity index (χ1) is 13.7. The topological polar surface area (TPSA) is 69.0 Å². The first-order valence-electron chi connectivity index (χ1n) is 10.3. The fraction of sp³-hybridized carbons (Fsp3) is 0.435. The van der Waals surface area contributed by atoms with Gasteiger partial charge >= 0.3 is 6.03 Å². The van der Waals surface area contributed by atoms with Gasteiger partial charge in [-0.2, -0.15) is 5.26 Å². The molecule has 1 aromatic carbocycles. The second-order valence-electron chi connectivity index (χ2n) is 8.31. The second-order valence-corrected chi connectivity index (χ2v) is 8.31. The van der Waals surface area contributed by atoms with Gasteiger partial charge in [-0.25, -0.2) is 4.79 Å². The molecule has 28 heavy (non-hydrogen) atoms. The van der Waals surface area contributed by atoms with Crippen LogP contribution < -0.4 is 10.2 Å². The molecule has 1 unspecified atom stereocenters. The summed E-state index contributed by atoms with van der Waals surface area (Å²) in [6, 6.07) is 10.6. The van der Waals surface area contributed by atoms with Crippen molar-refractivity contribution >= 4 is 17.4 Å². The summed E-state index contributed by atoms with van der Waals surface area (Å²) < 4.78 is 0. The molecule has 0 spiro atoms. The van der Waals surface area contributed by atoms with Crippen molar-refractivity contribution < 1.29 is 4.79 Å². The number of nitrogens with zero attached hydrogens (tertiary/aromatic N) is 3. The Hall–Kier alpha value is -2.87. The number of carbonyl (C=O) groups is 1. The normalized spacial score (nSPS) is 23.3. The average Bonchev–Trinajstić information content (AvgIpc) is 3.14. The lowest BCUT2D eigenvalue weighted by molar-refractivity contribution is 0.227. The molecule has 3 aliphatic rings. The maximum Gasteiger partial charge on any atom is 0.326 e. The molecule has 1 N–H and O–H groups in total. The van der Waals surface area contributed by atoms with E-state index in [2.05, 4.69) is 28.5 Å². The van der Waals surface area contributed by atoms with E-state index in [4.69, 9.17) is 0 Å². The zero-order valence-corrected chi connectivity index (χ0v) is 15.9. The van der Waals surface area contributed by atoms with Gasteiger partial charge in [0.2, 0.25) is 0 Å². The molecule has 0 radical (unpaired) electrons. The Balaban J connectivity index is 1.44. The molecule has 2 aliphatic carbocycles. The number of hydrogen-bond acceptors (Lipinski definition) is 3.